The lowest BCUT2D eigenvalue weighted by Crippen LogP contribution is -2.28. The molecule has 0 atom stereocenters. The van der Waals surface area contributed by atoms with Crippen LogP contribution in [-0.2, 0) is 6.54 Å². The summed E-state index contributed by atoms with van der Waals surface area (Å²) in [5.74, 6) is -1.31. The predicted molar refractivity (Wildman–Crippen MR) is 81.5 cm³/mol. The first-order chi connectivity index (χ1) is 10.2. The number of hydrogen-bond donors (Lipinski definition) is 2. The number of carbonyl (C=O) groups is 1. The molecule has 2 heterocycles. The van der Waals surface area contributed by atoms with E-state index in [1.165, 1.54) is 6.07 Å². The van der Waals surface area contributed by atoms with Gasteiger partial charge >= 0.3 is 5.97 Å². The molecule has 3 rings (SSSR count). The number of thiophene rings is 1. The average Bonchev–Trinajstić information content (AvgIpc) is 2.64. The monoisotopic (exact) mass is 308 g/mol. The van der Waals surface area contributed by atoms with Gasteiger partial charge in [-0.05, 0) is 31.6 Å². The summed E-state index contributed by atoms with van der Waals surface area (Å²) in [6.45, 7) is 4.10. The van der Waals surface area contributed by atoms with Crippen molar-refractivity contribution in [3.8, 4) is 0 Å². The number of aromatic carboxylic acids is 1. The van der Waals surface area contributed by atoms with Crippen molar-refractivity contribution in [3.63, 3.8) is 0 Å². The molecule has 1 aromatic heterocycles. The van der Waals surface area contributed by atoms with Crippen molar-refractivity contribution in [2.24, 2.45) is 0 Å². The van der Waals surface area contributed by atoms with E-state index < -0.39 is 5.97 Å². The Balaban J connectivity index is 2.02. The summed E-state index contributed by atoms with van der Waals surface area (Å²) in [5, 5.41) is 13.2. The van der Waals surface area contributed by atoms with E-state index in [-0.39, 0.29) is 10.7 Å². The van der Waals surface area contributed by atoms with Gasteiger partial charge in [-0.2, -0.15) is 0 Å². The van der Waals surface area contributed by atoms with Gasteiger partial charge in [0.05, 0.1) is 0 Å². The lowest BCUT2D eigenvalue weighted by atomic mass is 10.1. The number of fused-ring (bicyclic) bond motifs is 1. The fourth-order valence-electron chi connectivity index (χ4n) is 2.77. The summed E-state index contributed by atoms with van der Waals surface area (Å²) in [7, 11) is 0. The number of nitrogens with one attached hydrogen (secondary N) is 1. The summed E-state index contributed by atoms with van der Waals surface area (Å²) in [6, 6.07) is 4.80. The number of nitrogens with zero attached hydrogens (tertiary/aromatic N) is 1. The molecule has 6 heteroatoms. The second-order valence-electron chi connectivity index (χ2n) is 5.21. The topological polar surface area (TPSA) is 52.6 Å². The molecule has 0 unspecified atom stereocenters. The van der Waals surface area contributed by atoms with Gasteiger partial charge < -0.3 is 10.4 Å². The van der Waals surface area contributed by atoms with Crippen LogP contribution in [0, 0.1) is 5.82 Å². The van der Waals surface area contributed by atoms with E-state index in [0.717, 1.165) is 43.9 Å². The van der Waals surface area contributed by atoms with E-state index in [4.69, 9.17) is 0 Å². The molecule has 0 saturated carbocycles. The van der Waals surface area contributed by atoms with Crippen LogP contribution in [0.2, 0.25) is 0 Å². The van der Waals surface area contributed by atoms with E-state index in [1.807, 2.05) is 0 Å². The van der Waals surface area contributed by atoms with Crippen molar-refractivity contribution in [1.82, 2.24) is 10.2 Å². The van der Waals surface area contributed by atoms with Gasteiger partial charge in [0, 0.05) is 35.3 Å². The minimum absolute atomic E-state index is 0.257. The van der Waals surface area contributed by atoms with Crippen LogP contribution in [0.1, 0.15) is 21.7 Å². The largest absolute Gasteiger partial charge is 0.477 e. The zero-order valence-electron chi connectivity index (χ0n) is 11.6. The molecule has 0 radical (unpaired) electrons. The van der Waals surface area contributed by atoms with Gasteiger partial charge in [0.15, 0.2) is 0 Å². The molecule has 1 aromatic carbocycles. The average molecular weight is 308 g/mol. The van der Waals surface area contributed by atoms with Crippen molar-refractivity contribution in [2.75, 3.05) is 26.2 Å². The molecular formula is C15H17FN2O2S. The van der Waals surface area contributed by atoms with Gasteiger partial charge in [0.25, 0.3) is 0 Å². The van der Waals surface area contributed by atoms with Crippen LogP contribution in [0.15, 0.2) is 18.2 Å². The zero-order valence-corrected chi connectivity index (χ0v) is 12.4. The summed E-state index contributed by atoms with van der Waals surface area (Å²) in [4.78, 5) is 13.9. The third-order valence-electron chi connectivity index (χ3n) is 3.77. The predicted octanol–water partition coefficient (Wildman–Crippen LogP) is 2.53. The van der Waals surface area contributed by atoms with Gasteiger partial charge in [-0.1, -0.05) is 6.07 Å². The van der Waals surface area contributed by atoms with Crippen LogP contribution < -0.4 is 5.32 Å². The fraction of sp³-hybridized carbons (Fsp3) is 0.400. The van der Waals surface area contributed by atoms with Crippen molar-refractivity contribution >= 4 is 27.4 Å². The van der Waals surface area contributed by atoms with E-state index in [0.29, 0.717) is 22.2 Å². The Morgan fingerprint density at radius 2 is 2.24 bits per heavy atom. The van der Waals surface area contributed by atoms with Crippen LogP contribution in [0.3, 0.4) is 0 Å². The second kappa shape index (κ2) is 6.09. The molecule has 1 aliphatic rings. The Hall–Kier alpha value is -1.50. The Labute approximate surface area is 126 Å². The van der Waals surface area contributed by atoms with Gasteiger partial charge in [-0.15, -0.1) is 11.3 Å². The number of halogens is 1. The first kappa shape index (κ1) is 14.4. The van der Waals surface area contributed by atoms with E-state index in [1.54, 1.807) is 12.1 Å². The molecule has 2 N–H and O–H groups in total. The van der Waals surface area contributed by atoms with E-state index in [9.17, 15) is 14.3 Å². The fourth-order valence-corrected chi connectivity index (χ4v) is 3.84. The minimum Gasteiger partial charge on any atom is -0.477 e. The number of benzene rings is 1. The van der Waals surface area contributed by atoms with Gasteiger partial charge in [0.2, 0.25) is 0 Å². The third-order valence-corrected chi connectivity index (χ3v) is 4.96. The van der Waals surface area contributed by atoms with Crippen LogP contribution in [0.5, 0.6) is 0 Å². The van der Waals surface area contributed by atoms with Gasteiger partial charge in [0.1, 0.15) is 10.7 Å². The van der Waals surface area contributed by atoms with Crippen LogP contribution in [0.25, 0.3) is 10.1 Å². The molecule has 0 spiro atoms. The molecule has 0 amide bonds. The SMILES string of the molecule is O=C(O)c1sc2cccc(F)c2c1CN1CCCNCC1. The summed E-state index contributed by atoms with van der Waals surface area (Å²) < 4.78 is 14.8. The van der Waals surface area contributed by atoms with Crippen LogP contribution >= 0.6 is 11.3 Å². The van der Waals surface area contributed by atoms with Crippen LogP contribution in [-0.4, -0.2) is 42.2 Å². The van der Waals surface area contributed by atoms with E-state index >= 15 is 0 Å². The highest BCUT2D eigenvalue weighted by atomic mass is 32.1. The maximum absolute atomic E-state index is 14.1. The van der Waals surface area contributed by atoms with Crippen molar-refractivity contribution in [1.29, 1.82) is 0 Å². The second-order valence-corrected chi connectivity index (χ2v) is 6.26. The van der Waals surface area contributed by atoms with Gasteiger partial charge in [-0.3, -0.25) is 4.90 Å². The highest BCUT2D eigenvalue weighted by Crippen LogP contribution is 2.34. The Kier molecular flexibility index (Phi) is 4.19. The van der Waals surface area contributed by atoms with E-state index in [2.05, 4.69) is 10.2 Å². The maximum atomic E-state index is 14.1. The lowest BCUT2D eigenvalue weighted by Gasteiger charge is -2.19. The van der Waals surface area contributed by atoms with Crippen LogP contribution in [0.4, 0.5) is 4.39 Å². The molecule has 4 nitrogen and oxygen atoms in total. The normalized spacial score (nSPS) is 17.0. The van der Waals surface area contributed by atoms with Crippen molar-refractivity contribution in [2.45, 2.75) is 13.0 Å². The van der Waals surface area contributed by atoms with Gasteiger partial charge in [-0.25, -0.2) is 9.18 Å². The first-order valence-electron chi connectivity index (χ1n) is 7.03. The minimum atomic E-state index is -0.974. The maximum Gasteiger partial charge on any atom is 0.346 e. The van der Waals surface area contributed by atoms with Crippen molar-refractivity contribution in [3.05, 3.63) is 34.5 Å². The molecule has 112 valence electrons. The van der Waals surface area contributed by atoms with Crippen molar-refractivity contribution < 1.29 is 14.3 Å². The third kappa shape index (κ3) is 2.92. The molecule has 1 fully saturated rings. The Morgan fingerprint density at radius 3 is 3.05 bits per heavy atom. The number of carboxylic acid groups (broad SMARTS) is 1. The number of carboxylic acids is 1. The summed E-state index contributed by atoms with van der Waals surface area (Å²) in [5.41, 5.74) is 0.613. The highest BCUT2D eigenvalue weighted by Gasteiger charge is 2.22. The summed E-state index contributed by atoms with van der Waals surface area (Å²) in [6.07, 6.45) is 1.02. The smallest absolute Gasteiger partial charge is 0.346 e. The first-order valence-corrected chi connectivity index (χ1v) is 7.84. The standard InChI is InChI=1S/C15H17FN2O2S/c16-11-3-1-4-12-13(11)10(14(21-12)15(19)20)9-18-7-2-5-17-6-8-18/h1,3-4,17H,2,5-9H2,(H,19,20). The number of rotatable bonds is 3. The molecule has 0 bridgehead atoms. The lowest BCUT2D eigenvalue weighted by molar-refractivity contribution is 0.0700. The Bertz CT molecular complexity index is 663. The molecule has 1 saturated heterocycles. The summed E-state index contributed by atoms with van der Waals surface area (Å²) >= 11 is 1.16. The molecule has 21 heavy (non-hydrogen) atoms. The molecule has 1 aliphatic heterocycles. The molecular weight excluding hydrogens is 291 g/mol. The number of hydrogen-bond acceptors (Lipinski definition) is 4. The molecule has 2 aromatic rings. The quantitative estimate of drug-likeness (QED) is 0.915. The zero-order chi connectivity index (χ0) is 14.8. The highest BCUT2D eigenvalue weighted by molar-refractivity contribution is 7.21. The Morgan fingerprint density at radius 1 is 1.38 bits per heavy atom. The molecule has 0 aliphatic carbocycles.